The van der Waals surface area contributed by atoms with Crippen LogP contribution >= 0.6 is 0 Å². The van der Waals surface area contributed by atoms with Crippen LogP contribution < -0.4 is 5.32 Å². The molecule has 0 spiro atoms. The van der Waals surface area contributed by atoms with Crippen LogP contribution in [0.4, 0.5) is 0 Å². The highest BCUT2D eigenvalue weighted by Gasteiger charge is 2.47. The topological polar surface area (TPSA) is 175 Å². The van der Waals surface area contributed by atoms with E-state index in [1.165, 1.54) is 218 Å². The average molecular weight is 1170 g/mol. The summed E-state index contributed by atoms with van der Waals surface area (Å²) >= 11 is 0. The zero-order valence-corrected chi connectivity index (χ0v) is 54.3. The van der Waals surface area contributed by atoms with Gasteiger partial charge in [-0.05, 0) is 57.8 Å². The molecule has 0 bridgehead atoms. The lowest BCUT2D eigenvalue weighted by atomic mass is 9.99. The largest absolute Gasteiger partial charge is 0.454 e. The number of amides is 1. The van der Waals surface area contributed by atoms with Crippen molar-refractivity contribution in [3.63, 3.8) is 0 Å². The molecule has 11 nitrogen and oxygen atoms in total. The SMILES string of the molecule is CCCCC/C=C\C/C=C\CCCCCCCCC(O)C(=O)NC(COC1OC(CO)C(O)C(O)C1OC(=O)CCCCCCCCCCCCCCCCCCCCCCCCCCC)C(O)/C=C/CCCCCCCCCCCCC. The molecule has 0 aromatic rings. The first-order valence-corrected chi connectivity index (χ1v) is 35.8. The van der Waals surface area contributed by atoms with E-state index in [1.807, 2.05) is 6.08 Å². The Bertz CT molecular complexity index is 1490. The van der Waals surface area contributed by atoms with E-state index in [0.717, 1.165) is 83.5 Å². The Morgan fingerprint density at radius 1 is 0.470 bits per heavy atom. The van der Waals surface area contributed by atoms with Crippen molar-refractivity contribution in [3.05, 3.63) is 36.5 Å². The third kappa shape index (κ3) is 47.6. The maximum absolute atomic E-state index is 13.5. The van der Waals surface area contributed by atoms with Crippen LogP contribution in [-0.4, -0.2) is 99.6 Å². The van der Waals surface area contributed by atoms with Gasteiger partial charge in [0, 0.05) is 6.42 Å². The molecule has 8 unspecified atom stereocenters. The van der Waals surface area contributed by atoms with E-state index in [-0.39, 0.29) is 19.4 Å². The Labute approximate surface area is 511 Å². The molecule has 83 heavy (non-hydrogen) atoms. The molecule has 0 aliphatic carbocycles. The second kappa shape index (κ2) is 60.2. The Morgan fingerprint density at radius 2 is 0.831 bits per heavy atom. The van der Waals surface area contributed by atoms with E-state index in [4.69, 9.17) is 14.2 Å². The molecule has 0 radical (unpaired) electrons. The predicted molar refractivity (Wildman–Crippen MR) is 347 cm³/mol. The van der Waals surface area contributed by atoms with Crippen LogP contribution in [0, 0.1) is 0 Å². The first-order chi connectivity index (χ1) is 40.7. The quantitative estimate of drug-likeness (QED) is 0.0195. The number of esters is 1. The summed E-state index contributed by atoms with van der Waals surface area (Å²) < 4.78 is 17.7. The molecular formula is C72H135NO10. The maximum Gasteiger partial charge on any atom is 0.306 e. The monoisotopic (exact) mass is 1170 g/mol. The zero-order valence-electron chi connectivity index (χ0n) is 54.3. The second-order valence-corrected chi connectivity index (χ2v) is 25.0. The molecule has 1 saturated heterocycles. The number of hydrogen-bond acceptors (Lipinski definition) is 10. The van der Waals surface area contributed by atoms with E-state index in [9.17, 15) is 35.1 Å². The molecule has 0 aromatic carbocycles. The standard InChI is InChI=1S/C72H135NO10/c1-4-7-10-13-16-19-22-25-27-29-30-31-32-33-34-35-36-37-39-42-45-48-51-54-57-60-67(77)83-70-69(79)68(78)66(61-74)82-72(70)81-62-63(64(75)58-55-52-49-46-43-40-24-21-18-15-12-9-6-3)73-71(80)65(76)59-56-53-50-47-44-41-38-28-26-23-20-17-14-11-8-5-2/h17,20,26,28,55,58,63-66,68-70,72,74-76,78-79H,4-16,18-19,21-25,27,29-54,56-57,59-62H2,1-3H3,(H,73,80)/b20-17-,28-26-,58-55+. The van der Waals surface area contributed by atoms with Gasteiger partial charge in [0.1, 0.15) is 24.4 Å². The van der Waals surface area contributed by atoms with Crippen molar-refractivity contribution in [1.29, 1.82) is 0 Å². The first kappa shape index (κ1) is 78.9. The number of ether oxygens (including phenoxy) is 3. The fourth-order valence-corrected chi connectivity index (χ4v) is 11.4. The van der Waals surface area contributed by atoms with Crippen molar-refractivity contribution in [2.45, 2.75) is 397 Å². The minimum atomic E-state index is -1.61. The lowest BCUT2D eigenvalue weighted by molar-refractivity contribution is -0.305. The number of aliphatic hydroxyl groups excluding tert-OH is 5. The van der Waals surface area contributed by atoms with Crippen molar-refractivity contribution in [3.8, 4) is 0 Å². The van der Waals surface area contributed by atoms with Crippen molar-refractivity contribution >= 4 is 11.9 Å². The fourth-order valence-electron chi connectivity index (χ4n) is 11.4. The smallest absolute Gasteiger partial charge is 0.306 e. The van der Waals surface area contributed by atoms with E-state index in [2.05, 4.69) is 50.4 Å². The Balaban J connectivity index is 2.56. The van der Waals surface area contributed by atoms with Crippen molar-refractivity contribution in [2.24, 2.45) is 0 Å². The summed E-state index contributed by atoms with van der Waals surface area (Å²) in [5.74, 6) is -1.19. The van der Waals surface area contributed by atoms with Crippen molar-refractivity contribution in [2.75, 3.05) is 13.2 Å². The van der Waals surface area contributed by atoms with Crippen molar-refractivity contribution < 1.29 is 49.3 Å². The summed E-state index contributed by atoms with van der Waals surface area (Å²) in [6.45, 7) is 5.81. The van der Waals surface area contributed by atoms with Crippen LogP contribution in [0.25, 0.3) is 0 Å². The second-order valence-electron chi connectivity index (χ2n) is 25.0. The van der Waals surface area contributed by atoms with E-state index in [1.54, 1.807) is 6.08 Å². The van der Waals surface area contributed by atoms with Gasteiger partial charge in [-0.25, -0.2) is 0 Å². The van der Waals surface area contributed by atoms with Gasteiger partial charge in [0.05, 0.1) is 25.4 Å². The molecule has 6 N–H and O–H groups in total. The van der Waals surface area contributed by atoms with Crippen LogP contribution in [0.15, 0.2) is 36.5 Å². The van der Waals surface area contributed by atoms with E-state index < -0.39 is 67.4 Å². The number of unbranched alkanes of at least 4 members (excludes halogenated alkanes) is 44. The van der Waals surface area contributed by atoms with Gasteiger partial charge in [-0.15, -0.1) is 0 Å². The minimum absolute atomic E-state index is 0.128. The molecule has 1 fully saturated rings. The molecule has 0 aromatic heterocycles. The van der Waals surface area contributed by atoms with Gasteiger partial charge in [-0.2, -0.15) is 0 Å². The lowest BCUT2D eigenvalue weighted by Crippen LogP contribution is -2.61. The van der Waals surface area contributed by atoms with Crippen molar-refractivity contribution in [1.82, 2.24) is 5.32 Å². The number of nitrogens with one attached hydrogen (secondary N) is 1. The van der Waals surface area contributed by atoms with Gasteiger partial charge in [0.2, 0.25) is 5.91 Å². The summed E-state index contributed by atoms with van der Waals surface area (Å²) in [4.78, 5) is 26.7. The molecule has 11 heteroatoms. The normalized spacial score (nSPS) is 18.7. The van der Waals surface area contributed by atoms with Crippen LogP contribution in [0.3, 0.4) is 0 Å². The molecule has 1 amide bonds. The van der Waals surface area contributed by atoms with Crippen LogP contribution in [0.1, 0.15) is 348 Å². The molecule has 488 valence electrons. The third-order valence-electron chi connectivity index (χ3n) is 17.0. The highest BCUT2D eigenvalue weighted by atomic mass is 16.7. The van der Waals surface area contributed by atoms with Gasteiger partial charge in [-0.1, -0.05) is 320 Å². The van der Waals surface area contributed by atoms with E-state index in [0.29, 0.717) is 12.8 Å². The average Bonchev–Trinajstić information content (AvgIpc) is 3.67. The number of hydrogen-bond donors (Lipinski definition) is 6. The molecule has 0 saturated carbocycles. The first-order valence-electron chi connectivity index (χ1n) is 35.8. The third-order valence-corrected chi connectivity index (χ3v) is 17.0. The summed E-state index contributed by atoms with van der Waals surface area (Å²) in [7, 11) is 0. The van der Waals surface area contributed by atoms with E-state index >= 15 is 0 Å². The number of carbonyl (C=O) groups excluding carboxylic acids is 2. The molecule has 1 aliphatic heterocycles. The Hall–Kier alpha value is -2.12. The van der Waals surface area contributed by atoms with Crippen LogP contribution in [0.2, 0.25) is 0 Å². The number of allylic oxidation sites excluding steroid dienone is 5. The molecule has 1 rings (SSSR count). The highest BCUT2D eigenvalue weighted by Crippen LogP contribution is 2.26. The fraction of sp³-hybridized carbons (Fsp3) is 0.889. The Kier molecular flexibility index (Phi) is 57.2. The van der Waals surface area contributed by atoms with Crippen LogP contribution in [-0.2, 0) is 23.8 Å². The van der Waals surface area contributed by atoms with Gasteiger partial charge >= 0.3 is 5.97 Å². The van der Waals surface area contributed by atoms with Gasteiger partial charge in [-0.3, -0.25) is 9.59 Å². The maximum atomic E-state index is 13.5. The summed E-state index contributed by atoms with van der Waals surface area (Å²) in [6, 6.07) is -1.03. The zero-order chi connectivity index (χ0) is 60.3. The molecular weight excluding hydrogens is 1040 g/mol. The summed E-state index contributed by atoms with van der Waals surface area (Å²) in [5.41, 5.74) is 0. The lowest BCUT2D eigenvalue weighted by Gasteiger charge is -2.41. The molecule has 8 atom stereocenters. The van der Waals surface area contributed by atoms with Gasteiger partial charge < -0.3 is 45.1 Å². The summed E-state index contributed by atoms with van der Waals surface area (Å²) in [5, 5.41) is 57.2. The predicted octanol–water partition coefficient (Wildman–Crippen LogP) is 18.2. The number of aliphatic hydroxyl groups is 5. The van der Waals surface area contributed by atoms with Gasteiger partial charge in [0.25, 0.3) is 0 Å². The molecule has 1 aliphatic rings. The number of carbonyl (C=O) groups is 2. The minimum Gasteiger partial charge on any atom is -0.454 e. The Morgan fingerprint density at radius 3 is 1.25 bits per heavy atom. The molecule has 1 heterocycles. The van der Waals surface area contributed by atoms with Gasteiger partial charge in [0.15, 0.2) is 12.4 Å². The van der Waals surface area contributed by atoms with Crippen LogP contribution in [0.5, 0.6) is 0 Å². The number of rotatable bonds is 62. The summed E-state index contributed by atoms with van der Waals surface area (Å²) in [6.07, 6.45) is 63.3. The highest BCUT2D eigenvalue weighted by molar-refractivity contribution is 5.80.